The van der Waals surface area contributed by atoms with Crippen molar-refractivity contribution in [3.63, 3.8) is 0 Å². The zero-order chi connectivity index (χ0) is 18.5. The number of amides is 1. The van der Waals surface area contributed by atoms with Crippen molar-refractivity contribution in [1.82, 2.24) is 14.8 Å². The molecule has 0 saturated heterocycles. The summed E-state index contributed by atoms with van der Waals surface area (Å²) >= 11 is 1.26. The summed E-state index contributed by atoms with van der Waals surface area (Å²) in [5, 5.41) is 9.07. The lowest BCUT2D eigenvalue weighted by Gasteiger charge is -2.12. The van der Waals surface area contributed by atoms with Crippen LogP contribution in [0.25, 0.3) is 5.69 Å². The molecule has 1 aromatic heterocycles. The SMILES string of the molecule is Cc1ccc(-n2c(COc3ccccc3C)nnc2SCC(N)=O)cc1. The minimum absolute atomic E-state index is 0.142. The van der Waals surface area contributed by atoms with Crippen LogP contribution in [0.4, 0.5) is 0 Å². The van der Waals surface area contributed by atoms with E-state index in [2.05, 4.69) is 10.2 Å². The average Bonchev–Trinajstić information content (AvgIpc) is 3.03. The van der Waals surface area contributed by atoms with Gasteiger partial charge in [-0.3, -0.25) is 9.36 Å². The Morgan fingerprint density at radius 2 is 1.85 bits per heavy atom. The quantitative estimate of drug-likeness (QED) is 0.648. The molecule has 0 unspecified atom stereocenters. The molecule has 0 aliphatic rings. The molecule has 2 aromatic carbocycles. The van der Waals surface area contributed by atoms with E-state index in [1.54, 1.807) is 0 Å². The van der Waals surface area contributed by atoms with Crippen LogP contribution in [-0.4, -0.2) is 26.4 Å². The van der Waals surface area contributed by atoms with Crippen LogP contribution in [0.3, 0.4) is 0 Å². The summed E-state index contributed by atoms with van der Waals surface area (Å²) in [6, 6.07) is 15.8. The van der Waals surface area contributed by atoms with Crippen molar-refractivity contribution in [2.45, 2.75) is 25.6 Å². The van der Waals surface area contributed by atoms with Crippen molar-refractivity contribution in [1.29, 1.82) is 0 Å². The number of carbonyl (C=O) groups excluding carboxylic acids is 1. The van der Waals surface area contributed by atoms with Gasteiger partial charge in [0.05, 0.1) is 5.75 Å². The summed E-state index contributed by atoms with van der Waals surface area (Å²) in [7, 11) is 0. The first-order valence-electron chi connectivity index (χ1n) is 8.15. The molecule has 0 bridgehead atoms. The Balaban J connectivity index is 1.90. The van der Waals surface area contributed by atoms with E-state index in [0.29, 0.717) is 11.0 Å². The maximum atomic E-state index is 11.1. The van der Waals surface area contributed by atoms with Gasteiger partial charge in [0.25, 0.3) is 0 Å². The minimum atomic E-state index is -0.397. The number of para-hydroxylation sites is 1. The van der Waals surface area contributed by atoms with Crippen molar-refractivity contribution in [2.75, 3.05) is 5.75 Å². The Kier molecular flexibility index (Phi) is 5.58. The van der Waals surface area contributed by atoms with Gasteiger partial charge in [-0.1, -0.05) is 47.7 Å². The first-order valence-corrected chi connectivity index (χ1v) is 9.14. The number of thioether (sulfide) groups is 1. The number of aromatic nitrogens is 3. The van der Waals surface area contributed by atoms with E-state index in [-0.39, 0.29) is 12.4 Å². The van der Waals surface area contributed by atoms with Crippen LogP contribution < -0.4 is 10.5 Å². The Morgan fingerprint density at radius 1 is 1.12 bits per heavy atom. The van der Waals surface area contributed by atoms with Gasteiger partial charge in [-0.15, -0.1) is 10.2 Å². The maximum Gasteiger partial charge on any atom is 0.227 e. The monoisotopic (exact) mass is 368 g/mol. The molecule has 1 heterocycles. The van der Waals surface area contributed by atoms with Gasteiger partial charge in [0.15, 0.2) is 11.0 Å². The van der Waals surface area contributed by atoms with Crippen LogP contribution in [0, 0.1) is 13.8 Å². The standard InChI is InChI=1S/C19H20N4O2S/c1-13-7-9-15(10-8-13)23-18(21-22-19(23)26-12-17(20)24)11-25-16-6-4-3-5-14(16)2/h3-10H,11-12H2,1-2H3,(H2,20,24). The number of primary amides is 1. The number of carbonyl (C=O) groups is 1. The van der Waals surface area contributed by atoms with Crippen LogP contribution >= 0.6 is 11.8 Å². The molecule has 0 spiro atoms. The lowest BCUT2D eigenvalue weighted by molar-refractivity contribution is -0.115. The van der Waals surface area contributed by atoms with E-state index in [0.717, 1.165) is 22.6 Å². The normalized spacial score (nSPS) is 10.7. The second-order valence-electron chi connectivity index (χ2n) is 5.88. The van der Waals surface area contributed by atoms with Gasteiger partial charge in [-0.25, -0.2) is 0 Å². The van der Waals surface area contributed by atoms with Crippen molar-refractivity contribution in [3.8, 4) is 11.4 Å². The number of aryl methyl sites for hydroxylation is 2. The number of nitrogens with two attached hydrogens (primary N) is 1. The Bertz CT molecular complexity index is 906. The molecule has 134 valence electrons. The third kappa shape index (κ3) is 4.23. The molecule has 1 amide bonds. The molecule has 0 aliphatic heterocycles. The molecule has 0 atom stereocenters. The van der Waals surface area contributed by atoms with Crippen LogP contribution in [0.15, 0.2) is 53.7 Å². The molecule has 3 rings (SSSR count). The van der Waals surface area contributed by atoms with Crippen molar-refractivity contribution in [2.24, 2.45) is 5.73 Å². The van der Waals surface area contributed by atoms with Crippen LogP contribution in [0.5, 0.6) is 5.75 Å². The highest BCUT2D eigenvalue weighted by Gasteiger charge is 2.16. The lowest BCUT2D eigenvalue weighted by Crippen LogP contribution is -2.14. The van der Waals surface area contributed by atoms with Crippen LogP contribution in [0.2, 0.25) is 0 Å². The van der Waals surface area contributed by atoms with E-state index in [1.807, 2.05) is 66.9 Å². The summed E-state index contributed by atoms with van der Waals surface area (Å²) < 4.78 is 7.82. The zero-order valence-electron chi connectivity index (χ0n) is 14.7. The van der Waals surface area contributed by atoms with Crippen molar-refractivity contribution >= 4 is 17.7 Å². The highest BCUT2D eigenvalue weighted by molar-refractivity contribution is 7.99. The summed E-state index contributed by atoms with van der Waals surface area (Å²) in [6.45, 7) is 4.29. The Hall–Kier alpha value is -2.80. The van der Waals surface area contributed by atoms with Gasteiger partial charge in [-0.05, 0) is 37.6 Å². The predicted molar refractivity (Wildman–Crippen MR) is 102 cm³/mol. The number of benzene rings is 2. The van der Waals surface area contributed by atoms with Gasteiger partial charge >= 0.3 is 0 Å². The fourth-order valence-electron chi connectivity index (χ4n) is 2.44. The first-order chi connectivity index (χ1) is 12.5. The number of hydrogen-bond acceptors (Lipinski definition) is 5. The second-order valence-corrected chi connectivity index (χ2v) is 6.82. The van der Waals surface area contributed by atoms with Crippen LogP contribution in [-0.2, 0) is 11.4 Å². The van der Waals surface area contributed by atoms with E-state index in [9.17, 15) is 4.79 Å². The third-order valence-electron chi connectivity index (χ3n) is 3.79. The largest absolute Gasteiger partial charge is 0.485 e. The van der Waals surface area contributed by atoms with Crippen molar-refractivity contribution < 1.29 is 9.53 Å². The molecule has 0 radical (unpaired) electrons. The number of ether oxygens (including phenoxy) is 1. The highest BCUT2D eigenvalue weighted by atomic mass is 32.2. The molecular weight excluding hydrogens is 348 g/mol. The fraction of sp³-hybridized carbons (Fsp3) is 0.211. The highest BCUT2D eigenvalue weighted by Crippen LogP contribution is 2.24. The summed E-state index contributed by atoms with van der Waals surface area (Å²) in [4.78, 5) is 11.1. The predicted octanol–water partition coefficient (Wildman–Crippen LogP) is 3.04. The number of nitrogens with zero attached hydrogens (tertiary/aromatic N) is 3. The van der Waals surface area contributed by atoms with Crippen molar-refractivity contribution in [3.05, 3.63) is 65.5 Å². The van der Waals surface area contributed by atoms with E-state index in [4.69, 9.17) is 10.5 Å². The molecule has 0 aliphatic carbocycles. The molecule has 7 heteroatoms. The Morgan fingerprint density at radius 3 is 2.54 bits per heavy atom. The maximum absolute atomic E-state index is 11.1. The third-order valence-corrected chi connectivity index (χ3v) is 4.74. The second kappa shape index (κ2) is 8.05. The van der Waals surface area contributed by atoms with E-state index >= 15 is 0 Å². The molecule has 0 fully saturated rings. The van der Waals surface area contributed by atoms with Gasteiger partial charge in [-0.2, -0.15) is 0 Å². The zero-order valence-corrected chi connectivity index (χ0v) is 15.5. The van der Waals surface area contributed by atoms with Gasteiger partial charge < -0.3 is 10.5 Å². The molecule has 6 nitrogen and oxygen atoms in total. The summed E-state index contributed by atoms with van der Waals surface area (Å²) in [5.41, 5.74) is 8.39. The topological polar surface area (TPSA) is 83.0 Å². The minimum Gasteiger partial charge on any atom is -0.485 e. The summed E-state index contributed by atoms with van der Waals surface area (Å²) in [6.07, 6.45) is 0. The number of rotatable bonds is 7. The van der Waals surface area contributed by atoms with E-state index < -0.39 is 5.91 Å². The molecule has 26 heavy (non-hydrogen) atoms. The first kappa shape index (κ1) is 18.0. The molecular formula is C19H20N4O2S. The summed E-state index contributed by atoms with van der Waals surface area (Å²) in [5.74, 6) is 1.20. The Labute approximate surface area is 156 Å². The van der Waals surface area contributed by atoms with Gasteiger partial charge in [0.1, 0.15) is 12.4 Å². The molecule has 0 saturated carbocycles. The van der Waals surface area contributed by atoms with Crippen LogP contribution in [0.1, 0.15) is 17.0 Å². The molecule has 2 N–H and O–H groups in total. The lowest BCUT2D eigenvalue weighted by atomic mass is 10.2. The number of hydrogen-bond donors (Lipinski definition) is 1. The van der Waals surface area contributed by atoms with Gasteiger partial charge in [0, 0.05) is 5.69 Å². The fourth-order valence-corrected chi connectivity index (χ4v) is 3.15. The molecule has 3 aromatic rings. The smallest absolute Gasteiger partial charge is 0.227 e. The average molecular weight is 368 g/mol. The van der Waals surface area contributed by atoms with Gasteiger partial charge in [0.2, 0.25) is 5.91 Å². The van der Waals surface area contributed by atoms with E-state index in [1.165, 1.54) is 11.8 Å².